The first kappa shape index (κ1) is 11.7. The highest BCUT2D eigenvalue weighted by atomic mass is 127. The highest BCUT2D eigenvalue weighted by molar-refractivity contribution is 14.1. The maximum absolute atomic E-state index is 12.0. The molecule has 1 fully saturated rings. The van der Waals surface area contributed by atoms with Gasteiger partial charge in [-0.2, -0.15) is 0 Å². The number of β-amino-alcohol motifs (C(OH)–C–C–N with tert-alkyl or cyclic N) is 1. The minimum Gasteiger partial charge on any atom is -0.507 e. The first-order chi connectivity index (χ1) is 7.58. The first-order valence-electron chi connectivity index (χ1n) is 5.04. The van der Waals surface area contributed by atoms with Crippen LogP contribution in [0.1, 0.15) is 16.8 Å². The van der Waals surface area contributed by atoms with Gasteiger partial charge < -0.3 is 15.1 Å². The zero-order chi connectivity index (χ0) is 11.7. The summed E-state index contributed by atoms with van der Waals surface area (Å²) in [5.41, 5.74) is 0.465. The molecule has 1 amide bonds. The number of carbonyl (C=O) groups excluding carboxylic acids is 1. The maximum Gasteiger partial charge on any atom is 0.254 e. The van der Waals surface area contributed by atoms with E-state index in [0.29, 0.717) is 25.1 Å². The Bertz CT molecular complexity index is 422. The molecule has 0 bridgehead atoms. The minimum atomic E-state index is -0.415. The molecule has 1 saturated heterocycles. The van der Waals surface area contributed by atoms with Crippen molar-refractivity contribution >= 4 is 28.5 Å². The number of nitrogens with zero attached hydrogens (tertiary/aromatic N) is 1. The molecule has 0 aromatic heterocycles. The van der Waals surface area contributed by atoms with Crippen LogP contribution in [0.25, 0.3) is 0 Å². The van der Waals surface area contributed by atoms with Crippen molar-refractivity contribution in [2.45, 2.75) is 12.5 Å². The molecule has 1 unspecified atom stereocenters. The van der Waals surface area contributed by atoms with Crippen LogP contribution in [-0.2, 0) is 0 Å². The van der Waals surface area contributed by atoms with Gasteiger partial charge in [-0.25, -0.2) is 0 Å². The van der Waals surface area contributed by atoms with Crippen LogP contribution in [0.2, 0.25) is 0 Å². The molecule has 1 heterocycles. The summed E-state index contributed by atoms with van der Waals surface area (Å²) in [5, 5.41) is 18.9. The average molecular weight is 333 g/mol. The molecular formula is C11H12INO3. The normalized spacial score (nSPS) is 20.1. The Morgan fingerprint density at radius 3 is 2.81 bits per heavy atom. The van der Waals surface area contributed by atoms with Crippen molar-refractivity contribution < 1.29 is 15.0 Å². The number of hydrogen-bond donors (Lipinski definition) is 2. The second kappa shape index (κ2) is 4.58. The lowest BCUT2D eigenvalue weighted by Crippen LogP contribution is -2.29. The average Bonchev–Trinajstić information content (AvgIpc) is 2.68. The van der Waals surface area contributed by atoms with Crippen molar-refractivity contribution in [3.63, 3.8) is 0 Å². The topological polar surface area (TPSA) is 60.8 Å². The number of likely N-dealkylation sites (tertiary alicyclic amines) is 1. The van der Waals surface area contributed by atoms with Crippen LogP contribution in [0, 0.1) is 3.57 Å². The first-order valence-corrected chi connectivity index (χ1v) is 6.11. The van der Waals surface area contributed by atoms with E-state index in [0.717, 1.165) is 3.57 Å². The van der Waals surface area contributed by atoms with E-state index in [1.807, 2.05) is 22.6 Å². The van der Waals surface area contributed by atoms with Gasteiger partial charge in [-0.3, -0.25) is 4.79 Å². The molecule has 0 aliphatic carbocycles. The van der Waals surface area contributed by atoms with Crippen molar-refractivity contribution in [3.05, 3.63) is 27.3 Å². The van der Waals surface area contributed by atoms with Gasteiger partial charge in [-0.05, 0) is 47.2 Å². The van der Waals surface area contributed by atoms with Gasteiger partial charge in [-0.15, -0.1) is 0 Å². The zero-order valence-electron chi connectivity index (χ0n) is 8.56. The molecule has 0 spiro atoms. The summed E-state index contributed by atoms with van der Waals surface area (Å²) in [5.74, 6) is -0.0190. The molecule has 0 saturated carbocycles. The molecule has 5 heteroatoms. The van der Waals surface area contributed by atoms with E-state index in [1.54, 1.807) is 17.0 Å². The zero-order valence-corrected chi connectivity index (χ0v) is 10.7. The van der Waals surface area contributed by atoms with Crippen LogP contribution < -0.4 is 0 Å². The fourth-order valence-electron chi connectivity index (χ4n) is 1.75. The van der Waals surface area contributed by atoms with Crippen LogP contribution in [0.15, 0.2) is 18.2 Å². The van der Waals surface area contributed by atoms with Gasteiger partial charge in [0, 0.05) is 18.7 Å². The molecule has 1 aliphatic heterocycles. The molecule has 0 radical (unpaired) electrons. The Kier molecular flexibility index (Phi) is 3.34. The van der Waals surface area contributed by atoms with Crippen molar-refractivity contribution in [2.75, 3.05) is 13.1 Å². The van der Waals surface area contributed by atoms with E-state index in [9.17, 15) is 15.0 Å². The number of carbonyl (C=O) groups is 1. The molecular weight excluding hydrogens is 321 g/mol. The molecule has 2 rings (SSSR count). The Morgan fingerprint density at radius 2 is 2.25 bits per heavy atom. The highest BCUT2D eigenvalue weighted by Crippen LogP contribution is 2.22. The van der Waals surface area contributed by atoms with E-state index in [1.165, 1.54) is 6.07 Å². The highest BCUT2D eigenvalue weighted by Gasteiger charge is 2.25. The van der Waals surface area contributed by atoms with E-state index in [2.05, 4.69) is 0 Å². The lowest BCUT2D eigenvalue weighted by Gasteiger charge is -2.15. The second-order valence-corrected chi connectivity index (χ2v) is 5.02. The smallest absolute Gasteiger partial charge is 0.254 e. The lowest BCUT2D eigenvalue weighted by atomic mass is 10.2. The monoisotopic (exact) mass is 333 g/mol. The largest absolute Gasteiger partial charge is 0.507 e. The Labute approximate surface area is 107 Å². The standard InChI is InChI=1S/C11H12INO3/c12-9-2-1-7(5-10(9)15)11(16)13-4-3-8(14)6-13/h1-2,5,8,14-15H,3-4,6H2. The summed E-state index contributed by atoms with van der Waals surface area (Å²) >= 11 is 2.00. The maximum atomic E-state index is 12.0. The molecule has 1 atom stereocenters. The predicted molar refractivity (Wildman–Crippen MR) is 67.4 cm³/mol. The second-order valence-electron chi connectivity index (χ2n) is 3.86. The Balaban J connectivity index is 2.18. The molecule has 86 valence electrons. The summed E-state index contributed by atoms with van der Waals surface area (Å²) in [6, 6.07) is 4.86. The van der Waals surface area contributed by atoms with E-state index >= 15 is 0 Å². The number of aliphatic hydroxyl groups excluding tert-OH is 1. The van der Waals surface area contributed by atoms with Crippen molar-refractivity contribution in [1.82, 2.24) is 4.90 Å². The molecule has 1 aliphatic rings. The van der Waals surface area contributed by atoms with Crippen LogP contribution in [0.4, 0.5) is 0 Å². The third kappa shape index (κ3) is 2.30. The summed E-state index contributed by atoms with van der Waals surface area (Å²) in [6.07, 6.45) is 0.212. The minimum absolute atomic E-state index is 0.117. The van der Waals surface area contributed by atoms with E-state index in [-0.39, 0.29) is 11.7 Å². The summed E-state index contributed by atoms with van der Waals surface area (Å²) in [4.78, 5) is 13.6. The number of benzene rings is 1. The molecule has 2 N–H and O–H groups in total. The van der Waals surface area contributed by atoms with Gasteiger partial charge in [0.1, 0.15) is 5.75 Å². The van der Waals surface area contributed by atoms with Gasteiger partial charge in [-0.1, -0.05) is 0 Å². The van der Waals surface area contributed by atoms with Crippen molar-refractivity contribution in [2.24, 2.45) is 0 Å². The van der Waals surface area contributed by atoms with Gasteiger partial charge in [0.25, 0.3) is 5.91 Å². The van der Waals surface area contributed by atoms with Crippen LogP contribution in [0.3, 0.4) is 0 Å². The van der Waals surface area contributed by atoms with Crippen molar-refractivity contribution in [3.8, 4) is 5.75 Å². The number of phenols is 1. The SMILES string of the molecule is O=C(c1ccc(I)c(O)c1)N1CCC(O)C1. The van der Waals surface area contributed by atoms with E-state index < -0.39 is 6.10 Å². The third-order valence-electron chi connectivity index (χ3n) is 2.64. The Morgan fingerprint density at radius 1 is 1.50 bits per heavy atom. The number of aliphatic hydroxyl groups is 1. The fraction of sp³-hybridized carbons (Fsp3) is 0.364. The molecule has 4 nitrogen and oxygen atoms in total. The predicted octanol–water partition coefficient (Wildman–Crippen LogP) is 1.20. The molecule has 1 aromatic carbocycles. The number of amides is 1. The van der Waals surface area contributed by atoms with Gasteiger partial charge in [0.05, 0.1) is 9.67 Å². The number of phenolic OH excluding ortho intramolecular Hbond substituents is 1. The van der Waals surface area contributed by atoms with E-state index in [4.69, 9.17) is 0 Å². The van der Waals surface area contributed by atoms with Crippen LogP contribution in [-0.4, -0.2) is 40.2 Å². The van der Waals surface area contributed by atoms with Gasteiger partial charge in [0.15, 0.2) is 0 Å². The third-order valence-corrected chi connectivity index (χ3v) is 3.56. The number of aromatic hydroxyl groups is 1. The Hall–Kier alpha value is -0.820. The summed E-state index contributed by atoms with van der Waals surface area (Å²) in [6.45, 7) is 0.957. The summed E-state index contributed by atoms with van der Waals surface area (Å²) in [7, 11) is 0. The summed E-state index contributed by atoms with van der Waals surface area (Å²) < 4.78 is 0.718. The molecule has 16 heavy (non-hydrogen) atoms. The molecule has 1 aromatic rings. The van der Waals surface area contributed by atoms with Crippen LogP contribution >= 0.6 is 22.6 Å². The fourth-order valence-corrected chi connectivity index (χ4v) is 2.09. The number of halogens is 1. The number of hydrogen-bond acceptors (Lipinski definition) is 3. The van der Waals surface area contributed by atoms with Crippen molar-refractivity contribution in [1.29, 1.82) is 0 Å². The quantitative estimate of drug-likeness (QED) is 0.760. The lowest BCUT2D eigenvalue weighted by molar-refractivity contribution is 0.0764. The van der Waals surface area contributed by atoms with Gasteiger partial charge in [0.2, 0.25) is 0 Å². The number of rotatable bonds is 1. The van der Waals surface area contributed by atoms with Crippen LogP contribution in [0.5, 0.6) is 5.75 Å². The van der Waals surface area contributed by atoms with Gasteiger partial charge >= 0.3 is 0 Å².